The Balaban J connectivity index is 1.82. The van der Waals surface area contributed by atoms with Gasteiger partial charge in [0.1, 0.15) is 11.4 Å². The van der Waals surface area contributed by atoms with Crippen LogP contribution in [-0.2, 0) is 4.74 Å². The van der Waals surface area contributed by atoms with E-state index in [1.54, 1.807) is 25.7 Å². The molecule has 34 heavy (non-hydrogen) atoms. The lowest BCUT2D eigenvalue weighted by Crippen LogP contribution is -2.41. The number of hydrogen-bond acceptors (Lipinski definition) is 4. The molecule has 1 amide bonds. The third kappa shape index (κ3) is 6.09. The van der Waals surface area contributed by atoms with Gasteiger partial charge in [-0.05, 0) is 57.2 Å². The Hall–Kier alpha value is -2.59. The molecule has 0 aromatic carbocycles. The minimum absolute atomic E-state index is 0.0381. The van der Waals surface area contributed by atoms with Crippen molar-refractivity contribution in [2.24, 2.45) is 11.8 Å². The lowest BCUT2D eigenvalue weighted by atomic mass is 9.79. The highest BCUT2D eigenvalue weighted by molar-refractivity contribution is 5.70. The second kappa shape index (κ2) is 9.22. The van der Waals surface area contributed by atoms with Crippen molar-refractivity contribution < 1.29 is 35.9 Å². The van der Waals surface area contributed by atoms with Crippen LogP contribution in [0, 0.1) is 11.8 Å². The van der Waals surface area contributed by atoms with Crippen LogP contribution in [0.5, 0.6) is 0 Å². The van der Waals surface area contributed by atoms with Gasteiger partial charge >= 0.3 is 18.4 Å². The molecule has 0 saturated carbocycles. The highest BCUT2D eigenvalue weighted by Gasteiger charge is 2.48. The van der Waals surface area contributed by atoms with Gasteiger partial charge in [-0.3, -0.25) is 0 Å². The standard InChI is InChI=1S/C23H27F6N3O2/c1-13-16(11-15(22(24,25)26)12-17(13)23(27,28)29)18-5-8-30-19(31-18)14-6-9-32(10-7-14)20(33)34-21(2,3)4/h5,8,11-14,17H,6-7,9-10H2,1-4H3. The maximum absolute atomic E-state index is 13.5. The molecule has 2 atom stereocenters. The van der Waals surface area contributed by atoms with Crippen LogP contribution in [0.25, 0.3) is 5.57 Å². The molecular formula is C23H27F6N3O2. The quantitative estimate of drug-likeness (QED) is 0.456. The molecule has 1 aliphatic heterocycles. The SMILES string of the molecule is CC1C(c2ccnc(C3CCN(C(=O)OC(C)(C)C)CC3)n2)=CC(C(F)(F)F)=CC1C(F)(F)F. The number of carbonyl (C=O) groups is 1. The topological polar surface area (TPSA) is 55.3 Å². The lowest BCUT2D eigenvalue weighted by molar-refractivity contribution is -0.169. The molecule has 2 heterocycles. The molecule has 0 N–H and O–H groups in total. The number of nitrogens with zero attached hydrogens (tertiary/aromatic N) is 3. The van der Waals surface area contributed by atoms with Crippen LogP contribution in [0.15, 0.2) is 30.0 Å². The number of ether oxygens (including phenoxy) is 1. The highest BCUT2D eigenvalue weighted by Crippen LogP contribution is 2.46. The first kappa shape index (κ1) is 26.0. The summed E-state index contributed by atoms with van der Waals surface area (Å²) in [5.41, 5.74) is -2.06. The molecule has 0 radical (unpaired) electrons. The van der Waals surface area contributed by atoms with E-state index in [9.17, 15) is 31.1 Å². The molecule has 11 heteroatoms. The number of rotatable bonds is 2. The zero-order valence-electron chi connectivity index (χ0n) is 19.3. The maximum Gasteiger partial charge on any atom is 0.416 e. The van der Waals surface area contributed by atoms with E-state index in [0.717, 1.165) is 6.08 Å². The van der Waals surface area contributed by atoms with Crippen LogP contribution in [0.3, 0.4) is 0 Å². The van der Waals surface area contributed by atoms with Crippen molar-refractivity contribution in [2.45, 2.75) is 64.4 Å². The Morgan fingerprint density at radius 2 is 1.71 bits per heavy atom. The van der Waals surface area contributed by atoms with E-state index in [4.69, 9.17) is 4.74 Å². The molecule has 0 bridgehead atoms. The number of piperidine rings is 1. The van der Waals surface area contributed by atoms with Gasteiger partial charge in [-0.1, -0.05) is 13.0 Å². The molecule has 5 nitrogen and oxygen atoms in total. The molecule has 2 unspecified atom stereocenters. The zero-order chi connectivity index (χ0) is 25.5. The number of aromatic nitrogens is 2. The number of alkyl halides is 6. The molecule has 1 fully saturated rings. The van der Waals surface area contributed by atoms with E-state index in [1.165, 1.54) is 19.2 Å². The summed E-state index contributed by atoms with van der Waals surface area (Å²) in [4.78, 5) is 22.4. The molecule has 1 aromatic heterocycles. The van der Waals surface area contributed by atoms with E-state index in [2.05, 4.69) is 9.97 Å². The van der Waals surface area contributed by atoms with Crippen LogP contribution in [0.4, 0.5) is 31.1 Å². The summed E-state index contributed by atoms with van der Waals surface area (Å²) in [6.45, 7) is 7.30. The number of halogens is 6. The lowest BCUT2D eigenvalue weighted by Gasteiger charge is -2.33. The van der Waals surface area contributed by atoms with Crippen molar-refractivity contribution in [3.63, 3.8) is 0 Å². The number of allylic oxidation sites excluding steroid dienone is 4. The average molecular weight is 491 g/mol. The van der Waals surface area contributed by atoms with Crippen molar-refractivity contribution in [1.29, 1.82) is 0 Å². The third-order valence-corrected chi connectivity index (χ3v) is 5.89. The Morgan fingerprint density at radius 3 is 2.24 bits per heavy atom. The van der Waals surface area contributed by atoms with Crippen molar-refractivity contribution in [1.82, 2.24) is 14.9 Å². The molecule has 2 aliphatic rings. The zero-order valence-corrected chi connectivity index (χ0v) is 19.3. The van der Waals surface area contributed by atoms with Crippen LogP contribution in [0.1, 0.15) is 58.0 Å². The first-order chi connectivity index (χ1) is 15.6. The fraction of sp³-hybridized carbons (Fsp3) is 0.609. The van der Waals surface area contributed by atoms with Crippen LogP contribution >= 0.6 is 0 Å². The minimum atomic E-state index is -4.92. The monoisotopic (exact) mass is 491 g/mol. The first-order valence-corrected chi connectivity index (χ1v) is 10.9. The van der Waals surface area contributed by atoms with Gasteiger partial charge in [-0.2, -0.15) is 26.3 Å². The van der Waals surface area contributed by atoms with Gasteiger partial charge in [0, 0.05) is 25.2 Å². The number of hydrogen-bond donors (Lipinski definition) is 0. The minimum Gasteiger partial charge on any atom is -0.444 e. The largest absolute Gasteiger partial charge is 0.444 e. The molecule has 3 rings (SSSR count). The van der Waals surface area contributed by atoms with Crippen molar-refractivity contribution in [3.05, 3.63) is 41.5 Å². The Bertz CT molecular complexity index is 970. The van der Waals surface area contributed by atoms with E-state index in [-0.39, 0.29) is 23.3 Å². The normalized spacial score (nSPS) is 22.8. The van der Waals surface area contributed by atoms with E-state index in [0.29, 0.717) is 31.8 Å². The molecule has 1 aromatic rings. The van der Waals surface area contributed by atoms with Crippen LogP contribution < -0.4 is 0 Å². The predicted molar refractivity (Wildman–Crippen MR) is 113 cm³/mol. The van der Waals surface area contributed by atoms with Gasteiger partial charge in [0.15, 0.2) is 0 Å². The summed E-state index contributed by atoms with van der Waals surface area (Å²) >= 11 is 0. The van der Waals surface area contributed by atoms with Gasteiger partial charge in [0.25, 0.3) is 0 Å². The summed E-state index contributed by atoms with van der Waals surface area (Å²) in [5, 5.41) is 0. The Morgan fingerprint density at radius 1 is 1.09 bits per heavy atom. The number of likely N-dealkylation sites (tertiary alicyclic amines) is 1. The average Bonchev–Trinajstić information content (AvgIpc) is 2.71. The van der Waals surface area contributed by atoms with Gasteiger partial charge in [0.05, 0.1) is 17.2 Å². The van der Waals surface area contributed by atoms with E-state index in [1.807, 2.05) is 0 Å². The predicted octanol–water partition coefficient (Wildman–Crippen LogP) is 6.29. The third-order valence-electron chi connectivity index (χ3n) is 5.89. The smallest absolute Gasteiger partial charge is 0.416 e. The first-order valence-electron chi connectivity index (χ1n) is 10.9. The number of amides is 1. The molecule has 1 aliphatic carbocycles. The highest BCUT2D eigenvalue weighted by atomic mass is 19.4. The fourth-order valence-electron chi connectivity index (χ4n) is 4.12. The van der Waals surface area contributed by atoms with E-state index >= 15 is 0 Å². The Kier molecular flexibility index (Phi) is 7.06. The summed E-state index contributed by atoms with van der Waals surface area (Å²) < 4.78 is 85.9. The van der Waals surface area contributed by atoms with Crippen LogP contribution in [-0.4, -0.2) is 52.0 Å². The second-order valence-corrected chi connectivity index (χ2v) is 9.62. The second-order valence-electron chi connectivity index (χ2n) is 9.62. The summed E-state index contributed by atoms with van der Waals surface area (Å²) in [7, 11) is 0. The molecule has 188 valence electrons. The van der Waals surface area contributed by atoms with Gasteiger partial charge in [0.2, 0.25) is 0 Å². The summed E-state index contributed by atoms with van der Waals surface area (Å²) in [6, 6.07) is 1.33. The molecule has 0 spiro atoms. The summed E-state index contributed by atoms with van der Waals surface area (Å²) in [5.74, 6) is -3.38. The summed E-state index contributed by atoms with van der Waals surface area (Å²) in [6.07, 6.45) is -6.87. The maximum atomic E-state index is 13.5. The van der Waals surface area contributed by atoms with Gasteiger partial charge < -0.3 is 9.64 Å². The van der Waals surface area contributed by atoms with Gasteiger partial charge in [-0.25, -0.2) is 14.8 Å². The van der Waals surface area contributed by atoms with Crippen LogP contribution in [0.2, 0.25) is 0 Å². The molecular weight excluding hydrogens is 464 g/mol. The van der Waals surface area contributed by atoms with E-state index < -0.39 is 41.5 Å². The van der Waals surface area contributed by atoms with Crippen molar-refractivity contribution >= 4 is 11.7 Å². The van der Waals surface area contributed by atoms with Crippen molar-refractivity contribution in [3.8, 4) is 0 Å². The van der Waals surface area contributed by atoms with Gasteiger partial charge in [-0.15, -0.1) is 0 Å². The number of carbonyl (C=O) groups excluding carboxylic acids is 1. The van der Waals surface area contributed by atoms with Crippen molar-refractivity contribution in [2.75, 3.05) is 13.1 Å². The Labute approximate surface area is 193 Å². The fourth-order valence-corrected chi connectivity index (χ4v) is 4.12. The molecule has 1 saturated heterocycles.